The first kappa shape index (κ1) is 30.7. The van der Waals surface area contributed by atoms with Gasteiger partial charge in [-0.1, -0.05) is 140 Å². The van der Waals surface area contributed by atoms with Gasteiger partial charge in [0.05, 0.1) is 0 Å². The molecule has 0 N–H and O–H groups in total. The van der Waals surface area contributed by atoms with Crippen LogP contribution in [-0.2, 0) is 10.8 Å². The lowest BCUT2D eigenvalue weighted by Crippen LogP contribution is -2.46. The Morgan fingerprint density at radius 3 is 1.79 bits per heavy atom. The third kappa shape index (κ3) is 6.68. The molecule has 0 aliphatic rings. The molecule has 1 nitrogen and oxygen atoms in total. The lowest BCUT2D eigenvalue weighted by Gasteiger charge is -2.50. The lowest BCUT2D eigenvalue weighted by molar-refractivity contribution is 0.192. The van der Waals surface area contributed by atoms with E-state index in [1.54, 1.807) is 0 Å². The van der Waals surface area contributed by atoms with Crippen LogP contribution in [0.5, 0.6) is 0 Å². The predicted molar refractivity (Wildman–Crippen MR) is 174 cm³/mol. The van der Waals surface area contributed by atoms with Gasteiger partial charge in [0.1, 0.15) is 0 Å². The van der Waals surface area contributed by atoms with Crippen molar-refractivity contribution < 1.29 is 0 Å². The number of allylic oxidation sites excluding steroid dienone is 2. The van der Waals surface area contributed by atoms with Gasteiger partial charge in [-0.2, -0.15) is 0 Å². The monoisotopic (exact) mass is 523 g/mol. The minimum atomic E-state index is 0.0683. The summed E-state index contributed by atoms with van der Waals surface area (Å²) in [6, 6.07) is 30.0. The Hall–Kier alpha value is -2.80. The third-order valence-corrected chi connectivity index (χ3v) is 9.46. The van der Waals surface area contributed by atoms with E-state index in [1.807, 2.05) is 0 Å². The smallest absolute Gasteiger partial charge is 0.0405 e. The molecule has 1 atom stereocenters. The summed E-state index contributed by atoms with van der Waals surface area (Å²) in [5.41, 5.74) is 8.33. The number of nitrogens with zero attached hydrogens (tertiary/aromatic N) is 1. The number of hydrogen-bond donors (Lipinski definition) is 0. The van der Waals surface area contributed by atoms with Crippen LogP contribution in [0.25, 0.3) is 11.1 Å². The number of anilines is 1. The minimum absolute atomic E-state index is 0.0683. The first-order chi connectivity index (χ1) is 18.9. The summed E-state index contributed by atoms with van der Waals surface area (Å²) in [6.07, 6.45) is 13.1. The van der Waals surface area contributed by atoms with Crippen molar-refractivity contribution in [2.45, 2.75) is 110 Å². The molecule has 3 aromatic rings. The molecule has 39 heavy (non-hydrogen) atoms. The van der Waals surface area contributed by atoms with Gasteiger partial charge in [-0.3, -0.25) is 0 Å². The summed E-state index contributed by atoms with van der Waals surface area (Å²) < 4.78 is 0. The van der Waals surface area contributed by atoms with Crippen LogP contribution in [0.3, 0.4) is 0 Å². The average molecular weight is 524 g/mol. The molecule has 3 aromatic carbocycles. The molecule has 1 unspecified atom stereocenters. The molecular weight excluding hydrogens is 470 g/mol. The fraction of sp³-hybridized carbons (Fsp3) is 0.474. The lowest BCUT2D eigenvalue weighted by atomic mass is 9.53. The summed E-state index contributed by atoms with van der Waals surface area (Å²) in [6.45, 7) is 14.1. The van der Waals surface area contributed by atoms with E-state index in [0.717, 1.165) is 25.7 Å². The van der Waals surface area contributed by atoms with Crippen molar-refractivity contribution in [2.75, 3.05) is 11.9 Å². The molecule has 0 amide bonds. The number of benzene rings is 3. The summed E-state index contributed by atoms with van der Waals surface area (Å²) in [5.74, 6) is 0. The van der Waals surface area contributed by atoms with E-state index in [0.29, 0.717) is 0 Å². The van der Waals surface area contributed by atoms with E-state index in [4.69, 9.17) is 0 Å². The first-order valence-corrected chi connectivity index (χ1v) is 15.6. The van der Waals surface area contributed by atoms with Crippen molar-refractivity contribution in [3.05, 3.63) is 102 Å². The maximum absolute atomic E-state index is 2.55. The van der Waals surface area contributed by atoms with Gasteiger partial charge in [-0.05, 0) is 66.5 Å². The highest BCUT2D eigenvalue weighted by molar-refractivity contribution is 5.67. The van der Waals surface area contributed by atoms with Gasteiger partial charge >= 0.3 is 0 Å². The van der Waals surface area contributed by atoms with Crippen molar-refractivity contribution >= 4 is 5.69 Å². The van der Waals surface area contributed by atoms with Crippen molar-refractivity contribution in [3.8, 4) is 11.1 Å². The molecule has 0 radical (unpaired) electrons. The minimum Gasteiger partial charge on any atom is -0.349 e. The standard InChI is InChI=1S/C38H53N/c1-8-13-14-18-30-37(6,38(11-4,12-5)34-20-16-15-17-21-34)33-26-22-31(23-27-33)32-24-28-36(29-25-32)39(7)35(10-3)19-9-2/h15-17,19-29H,8-14,18,30H2,1-7H3/b35-19+. The van der Waals surface area contributed by atoms with E-state index < -0.39 is 0 Å². The SMILES string of the molecule is CC/C=C(\CC)N(C)c1ccc(-c2ccc(C(C)(CCCCCC)C(CC)(CC)c3ccccc3)cc2)cc1. The van der Waals surface area contributed by atoms with Crippen LogP contribution in [-0.4, -0.2) is 7.05 Å². The molecule has 1 heteroatoms. The maximum Gasteiger partial charge on any atom is 0.0405 e. The zero-order valence-electron chi connectivity index (χ0n) is 25.9. The van der Waals surface area contributed by atoms with Gasteiger partial charge in [0.15, 0.2) is 0 Å². The summed E-state index contributed by atoms with van der Waals surface area (Å²) in [7, 11) is 2.18. The largest absolute Gasteiger partial charge is 0.349 e. The van der Waals surface area contributed by atoms with E-state index in [9.17, 15) is 0 Å². The molecule has 0 fully saturated rings. The van der Waals surface area contributed by atoms with E-state index in [2.05, 4.69) is 138 Å². The fourth-order valence-electron chi connectivity index (χ4n) is 6.91. The quantitative estimate of drug-likeness (QED) is 0.179. The normalized spacial score (nSPS) is 13.8. The Labute approximate surface area is 240 Å². The first-order valence-electron chi connectivity index (χ1n) is 15.6. The molecule has 210 valence electrons. The molecule has 0 heterocycles. The Balaban J connectivity index is 1.96. The molecule has 0 saturated heterocycles. The van der Waals surface area contributed by atoms with Crippen LogP contribution in [0.15, 0.2) is 90.6 Å². The second kappa shape index (κ2) is 14.5. The zero-order valence-corrected chi connectivity index (χ0v) is 25.9. The third-order valence-electron chi connectivity index (χ3n) is 9.46. The highest BCUT2D eigenvalue weighted by Crippen LogP contribution is 2.52. The number of hydrogen-bond acceptors (Lipinski definition) is 1. The molecule has 0 aliphatic heterocycles. The Bertz CT molecular complexity index is 1140. The Morgan fingerprint density at radius 1 is 0.692 bits per heavy atom. The number of rotatable bonds is 15. The van der Waals surface area contributed by atoms with Crippen LogP contribution in [0.1, 0.15) is 110 Å². The van der Waals surface area contributed by atoms with Gasteiger partial charge in [-0.15, -0.1) is 0 Å². The van der Waals surface area contributed by atoms with Crippen LogP contribution < -0.4 is 4.90 Å². The Morgan fingerprint density at radius 2 is 1.28 bits per heavy atom. The zero-order chi connectivity index (χ0) is 28.3. The molecule has 0 aliphatic carbocycles. The van der Waals surface area contributed by atoms with E-state index >= 15 is 0 Å². The maximum atomic E-state index is 2.55. The summed E-state index contributed by atoms with van der Waals surface area (Å²) in [4.78, 5) is 2.32. The highest BCUT2D eigenvalue weighted by Gasteiger charge is 2.47. The topological polar surface area (TPSA) is 3.24 Å². The van der Waals surface area contributed by atoms with Gasteiger partial charge in [0.25, 0.3) is 0 Å². The molecule has 0 aromatic heterocycles. The number of unbranched alkanes of at least 4 members (excludes halogenated alkanes) is 3. The van der Waals surface area contributed by atoms with Crippen LogP contribution >= 0.6 is 0 Å². The van der Waals surface area contributed by atoms with Crippen LogP contribution in [0, 0.1) is 0 Å². The van der Waals surface area contributed by atoms with Crippen LogP contribution in [0.4, 0.5) is 5.69 Å². The Kier molecular flexibility index (Phi) is 11.5. The average Bonchev–Trinajstić information content (AvgIpc) is 2.99. The fourth-order valence-corrected chi connectivity index (χ4v) is 6.91. The second-order valence-electron chi connectivity index (χ2n) is 11.4. The van der Waals surface area contributed by atoms with Crippen molar-refractivity contribution in [2.24, 2.45) is 0 Å². The van der Waals surface area contributed by atoms with Crippen molar-refractivity contribution in [1.82, 2.24) is 0 Å². The van der Waals surface area contributed by atoms with E-state index in [-0.39, 0.29) is 10.8 Å². The van der Waals surface area contributed by atoms with Gasteiger partial charge in [0.2, 0.25) is 0 Å². The van der Waals surface area contributed by atoms with Crippen molar-refractivity contribution in [1.29, 1.82) is 0 Å². The summed E-state index contributed by atoms with van der Waals surface area (Å²) >= 11 is 0. The van der Waals surface area contributed by atoms with Crippen LogP contribution in [0.2, 0.25) is 0 Å². The second-order valence-corrected chi connectivity index (χ2v) is 11.4. The molecule has 0 bridgehead atoms. The van der Waals surface area contributed by atoms with E-state index in [1.165, 1.54) is 65.7 Å². The molecular formula is C38H53N. The molecule has 0 saturated carbocycles. The summed E-state index contributed by atoms with van der Waals surface area (Å²) in [5, 5.41) is 0. The molecule has 0 spiro atoms. The predicted octanol–water partition coefficient (Wildman–Crippen LogP) is 11.5. The van der Waals surface area contributed by atoms with Gasteiger partial charge in [-0.25, -0.2) is 0 Å². The van der Waals surface area contributed by atoms with Gasteiger partial charge < -0.3 is 4.90 Å². The highest BCUT2D eigenvalue weighted by atomic mass is 15.1. The van der Waals surface area contributed by atoms with Gasteiger partial charge in [0, 0.05) is 29.3 Å². The molecule has 3 rings (SSSR count). The van der Waals surface area contributed by atoms with Crippen molar-refractivity contribution in [3.63, 3.8) is 0 Å².